The van der Waals surface area contributed by atoms with Crippen LogP contribution in [0.3, 0.4) is 0 Å². The van der Waals surface area contributed by atoms with Crippen molar-refractivity contribution in [3.8, 4) is 17.2 Å². The van der Waals surface area contributed by atoms with Crippen molar-refractivity contribution < 1.29 is 57.4 Å². The summed E-state index contributed by atoms with van der Waals surface area (Å²) in [5, 5.41) is 10.9. The first kappa shape index (κ1) is 69.4. The number of ether oxygens (including phenoxy) is 3. The Morgan fingerprint density at radius 1 is 0.437 bits per heavy atom. The lowest BCUT2D eigenvalue weighted by Gasteiger charge is -2.21. The first-order valence-corrected chi connectivity index (χ1v) is 27.8. The van der Waals surface area contributed by atoms with E-state index in [0.29, 0.717) is 35.1 Å². The van der Waals surface area contributed by atoms with Gasteiger partial charge < -0.3 is 87.1 Å². The maximum atomic E-state index is 14.4. The average molecular weight is 1210 g/mol. The standard InChI is InChI=1S/C59H80N16O12/c1-85-49-18-15-34(26-38(49)52(61)80)30-47(78)43(13-7-22-70-57(64)65)74-54(82)40-28-36(17-20-51(40)87-3)32-48(79)44(14-8-23-71-58(66)67)75-55(83)39-27-35(16-19-50(39)86-2)31-46(77)42(12-6-21-69-56(62)63)73-53(81)37-10-4-9-33(25-37)29-45(76)41(60)11-5-24-72-59(68)84/h4,9-10,15-20,25-28,41-44H,5-8,11-14,21-24,29-32,60H2,1-3H3,(H2,61,80)(H,73,81)(H,74,82)(H,75,83)(H4,62,63,69)(H4,64,65,70)(H4,66,67,71)(H3,68,72,84)/t41-,42-,43-,44-/m1/s1. The van der Waals surface area contributed by atoms with E-state index in [4.69, 9.17) is 65.8 Å². The molecule has 0 aliphatic rings. The van der Waals surface area contributed by atoms with Gasteiger partial charge >= 0.3 is 6.03 Å². The molecular formula is C59H80N16O12. The van der Waals surface area contributed by atoms with Gasteiger partial charge in [-0.25, -0.2) is 4.79 Å². The Bertz CT molecular complexity index is 3190. The number of carbonyl (C=O) groups excluding carboxylic acids is 9. The summed E-state index contributed by atoms with van der Waals surface area (Å²) in [6.07, 6.45) is 0.924. The maximum Gasteiger partial charge on any atom is 0.312 e. The number of nitrogens with one attached hydrogen (secondary N) is 4. The van der Waals surface area contributed by atoms with Gasteiger partial charge in [0.15, 0.2) is 41.0 Å². The van der Waals surface area contributed by atoms with Crippen molar-refractivity contribution in [3.05, 3.63) is 123 Å². The zero-order valence-corrected chi connectivity index (χ0v) is 49.1. The number of ketones is 4. The normalized spacial score (nSPS) is 12.1. The molecule has 0 bridgehead atoms. The van der Waals surface area contributed by atoms with Crippen LogP contribution in [0.2, 0.25) is 0 Å². The smallest absolute Gasteiger partial charge is 0.312 e. The van der Waals surface area contributed by atoms with Gasteiger partial charge in [-0.15, -0.1) is 0 Å². The summed E-state index contributed by atoms with van der Waals surface area (Å²) in [4.78, 5) is 133. The second-order valence-electron chi connectivity index (χ2n) is 20.2. The number of rotatable bonds is 38. The molecule has 0 aliphatic carbocycles. The number of nitrogens with two attached hydrogens (primary N) is 9. The van der Waals surface area contributed by atoms with E-state index < -0.39 is 71.2 Å². The van der Waals surface area contributed by atoms with Crippen LogP contribution in [0.25, 0.3) is 0 Å². The zero-order valence-electron chi connectivity index (χ0n) is 49.1. The van der Waals surface area contributed by atoms with Crippen LogP contribution in [-0.2, 0) is 44.9 Å². The number of methoxy groups -OCH3 is 3. The molecule has 4 rings (SSSR count). The van der Waals surface area contributed by atoms with Gasteiger partial charge in [-0.05, 0) is 122 Å². The van der Waals surface area contributed by atoms with E-state index in [1.807, 2.05) is 0 Å². The third-order valence-electron chi connectivity index (χ3n) is 13.6. The lowest BCUT2D eigenvalue weighted by atomic mass is 9.96. The number of hydrogen-bond donors (Lipinski definition) is 13. The number of nitrogens with zero attached hydrogens (tertiary/aromatic N) is 3. The lowest BCUT2D eigenvalue weighted by molar-refractivity contribution is -0.121. The van der Waals surface area contributed by atoms with Crippen LogP contribution in [-0.4, -0.2) is 142 Å². The number of guanidine groups is 3. The number of amides is 6. The number of carbonyl (C=O) groups is 9. The second kappa shape index (κ2) is 35.2. The minimum atomic E-state index is -1.17. The van der Waals surface area contributed by atoms with Crippen molar-refractivity contribution in [3.63, 3.8) is 0 Å². The molecule has 87 heavy (non-hydrogen) atoms. The van der Waals surface area contributed by atoms with Gasteiger partial charge in [-0.2, -0.15) is 0 Å². The Morgan fingerprint density at radius 2 is 0.805 bits per heavy atom. The summed E-state index contributed by atoms with van der Waals surface area (Å²) in [7, 11) is 4.06. The van der Waals surface area contributed by atoms with Crippen molar-refractivity contribution in [2.45, 2.75) is 101 Å². The van der Waals surface area contributed by atoms with Gasteiger partial charge in [0.1, 0.15) is 17.2 Å². The van der Waals surface area contributed by atoms with Crippen molar-refractivity contribution in [1.29, 1.82) is 0 Å². The van der Waals surface area contributed by atoms with Gasteiger partial charge in [-0.1, -0.05) is 30.3 Å². The Labute approximate surface area is 503 Å². The SMILES string of the molecule is COc1ccc(CC(=O)[C@@H](CCCN=C(N)N)NC(=O)c2cc(CC(=O)[C@@H](CCCN=C(N)N)NC(=O)c3cc(CC(=O)[C@@H](CCCN=C(N)N)NC(=O)c4cccc(CC(=O)[C@H](N)CCCNC(N)=O)c4)ccc3OC)ccc2OC)cc1C(N)=O. The van der Waals surface area contributed by atoms with Gasteiger partial charge in [-0.3, -0.25) is 53.3 Å². The molecule has 28 heteroatoms. The second-order valence-corrected chi connectivity index (χ2v) is 20.2. The molecule has 0 saturated heterocycles. The van der Waals surface area contributed by atoms with Gasteiger partial charge in [0.2, 0.25) is 0 Å². The molecule has 6 amide bonds. The molecule has 0 saturated carbocycles. The third kappa shape index (κ3) is 23.5. The Kier molecular flexibility index (Phi) is 28.1. The van der Waals surface area contributed by atoms with E-state index in [-0.39, 0.29) is 154 Å². The van der Waals surface area contributed by atoms with Crippen molar-refractivity contribution in [2.75, 3.05) is 47.5 Å². The fraction of sp³-hybridized carbons (Fsp3) is 0.390. The molecule has 0 heterocycles. The zero-order chi connectivity index (χ0) is 64.2. The summed E-state index contributed by atoms with van der Waals surface area (Å²) in [6.45, 7) is 0.655. The summed E-state index contributed by atoms with van der Waals surface area (Å²) in [5.41, 5.74) is 51.8. The lowest BCUT2D eigenvalue weighted by Crippen LogP contribution is -2.42. The molecular weight excluding hydrogens is 1120 g/mol. The van der Waals surface area contributed by atoms with E-state index >= 15 is 0 Å². The first-order valence-electron chi connectivity index (χ1n) is 27.8. The molecule has 0 fully saturated rings. The average Bonchev–Trinajstić information content (AvgIpc) is 1.65. The summed E-state index contributed by atoms with van der Waals surface area (Å²) in [6, 6.07) is 15.0. The number of benzene rings is 4. The minimum Gasteiger partial charge on any atom is -0.496 e. The monoisotopic (exact) mass is 1200 g/mol. The Balaban J connectivity index is 1.58. The van der Waals surface area contributed by atoms with E-state index in [0.717, 1.165) is 0 Å². The number of primary amides is 2. The molecule has 28 nitrogen and oxygen atoms in total. The van der Waals surface area contributed by atoms with E-state index in [2.05, 4.69) is 36.2 Å². The van der Waals surface area contributed by atoms with Crippen LogP contribution >= 0.6 is 0 Å². The van der Waals surface area contributed by atoms with E-state index in [1.165, 1.54) is 69.9 Å². The highest BCUT2D eigenvalue weighted by atomic mass is 16.5. The minimum absolute atomic E-state index is 0.0186. The number of urea groups is 1. The first-order chi connectivity index (χ1) is 41.4. The third-order valence-corrected chi connectivity index (χ3v) is 13.6. The Hall–Kier alpha value is -10.1. The van der Waals surface area contributed by atoms with Crippen molar-refractivity contribution in [1.82, 2.24) is 21.3 Å². The summed E-state index contributed by atoms with van der Waals surface area (Å²) >= 11 is 0. The molecule has 4 atom stereocenters. The molecule has 0 aromatic heterocycles. The Morgan fingerprint density at radius 3 is 1.18 bits per heavy atom. The van der Waals surface area contributed by atoms with Crippen LogP contribution in [0.4, 0.5) is 4.79 Å². The number of aliphatic imine (C=N–C) groups is 3. The fourth-order valence-electron chi connectivity index (χ4n) is 9.13. The molecule has 0 radical (unpaired) electrons. The van der Waals surface area contributed by atoms with Crippen molar-refractivity contribution in [2.24, 2.45) is 66.6 Å². The maximum absolute atomic E-state index is 14.4. The van der Waals surface area contributed by atoms with Gasteiger partial charge in [0.05, 0.1) is 62.2 Å². The molecule has 22 N–H and O–H groups in total. The summed E-state index contributed by atoms with van der Waals surface area (Å²) in [5.74, 6) is -4.52. The van der Waals surface area contributed by atoms with Crippen LogP contribution in [0.15, 0.2) is 93.8 Å². The van der Waals surface area contributed by atoms with E-state index in [1.54, 1.807) is 30.3 Å². The van der Waals surface area contributed by atoms with Crippen LogP contribution in [0, 0.1) is 0 Å². The molecule has 0 unspecified atom stereocenters. The molecule has 4 aromatic carbocycles. The van der Waals surface area contributed by atoms with Crippen molar-refractivity contribution >= 4 is 70.7 Å². The predicted molar refractivity (Wildman–Crippen MR) is 327 cm³/mol. The summed E-state index contributed by atoms with van der Waals surface area (Å²) < 4.78 is 16.3. The fourth-order valence-corrected chi connectivity index (χ4v) is 9.13. The highest BCUT2D eigenvalue weighted by Gasteiger charge is 2.28. The highest BCUT2D eigenvalue weighted by Crippen LogP contribution is 2.25. The quantitative estimate of drug-likeness (QED) is 0.0154. The number of hydrogen-bond acceptors (Lipinski definition) is 16. The molecule has 0 spiro atoms. The van der Waals surface area contributed by atoms with Gasteiger partial charge in [0.25, 0.3) is 23.6 Å². The topological polar surface area (TPSA) is 501 Å². The highest BCUT2D eigenvalue weighted by molar-refractivity contribution is 6.03. The van der Waals surface area contributed by atoms with E-state index in [9.17, 15) is 43.2 Å². The van der Waals surface area contributed by atoms with Gasteiger partial charge in [0, 0.05) is 57.4 Å². The number of Topliss-reactive ketones (excluding diaryl/α,β-unsaturated/α-hetero) is 4. The molecule has 468 valence electrons. The van der Waals surface area contributed by atoms with Crippen LogP contribution in [0.5, 0.6) is 17.2 Å². The predicted octanol–water partition coefficient (Wildman–Crippen LogP) is -0.410. The van der Waals surface area contributed by atoms with Crippen LogP contribution < -0.4 is 87.1 Å². The molecule has 0 aliphatic heterocycles. The van der Waals surface area contributed by atoms with Crippen LogP contribution in [0.1, 0.15) is 115 Å². The molecule has 4 aromatic rings. The largest absolute Gasteiger partial charge is 0.496 e.